The summed E-state index contributed by atoms with van der Waals surface area (Å²) in [6.45, 7) is 11.7. The first-order chi connectivity index (χ1) is 10.3. The summed E-state index contributed by atoms with van der Waals surface area (Å²) in [5.41, 5.74) is 2.97. The van der Waals surface area contributed by atoms with Crippen molar-refractivity contribution in [2.45, 2.75) is 59.9 Å². The van der Waals surface area contributed by atoms with Crippen molar-refractivity contribution in [2.24, 2.45) is 0 Å². The number of nitrogens with one attached hydrogen (secondary N) is 1. The lowest BCUT2D eigenvalue weighted by molar-refractivity contribution is -0.123. The highest BCUT2D eigenvalue weighted by Gasteiger charge is 2.22. The van der Waals surface area contributed by atoms with Crippen LogP contribution in [0.2, 0.25) is 0 Å². The molecule has 1 N–H and O–H groups in total. The average Bonchev–Trinajstić information content (AvgIpc) is 2.44. The fourth-order valence-corrected chi connectivity index (χ4v) is 2.43. The lowest BCUT2D eigenvalue weighted by atomic mass is 9.97. The van der Waals surface area contributed by atoms with Gasteiger partial charge in [0.2, 0.25) is 11.8 Å². The Morgan fingerprint density at radius 2 is 1.86 bits per heavy atom. The molecule has 0 saturated carbocycles. The third kappa shape index (κ3) is 4.58. The normalized spacial score (nSPS) is 12.1. The zero-order valence-electron chi connectivity index (χ0n) is 14.6. The first kappa shape index (κ1) is 18.2. The highest BCUT2D eigenvalue weighted by Crippen LogP contribution is 2.30. The minimum atomic E-state index is -0.123. The van der Waals surface area contributed by atoms with Crippen molar-refractivity contribution in [3.05, 3.63) is 29.3 Å². The van der Waals surface area contributed by atoms with Gasteiger partial charge in [-0.15, -0.1) is 0 Å². The van der Waals surface area contributed by atoms with E-state index in [0.717, 1.165) is 23.2 Å². The molecule has 1 aromatic carbocycles. The van der Waals surface area contributed by atoms with Crippen LogP contribution in [0, 0.1) is 6.92 Å². The maximum absolute atomic E-state index is 12.2. The van der Waals surface area contributed by atoms with Crippen molar-refractivity contribution < 1.29 is 9.59 Å². The molecule has 0 heterocycles. The molecule has 0 aliphatic heterocycles. The summed E-state index contributed by atoms with van der Waals surface area (Å²) in [5, 5.41) is 2.92. The number of carbonyl (C=O) groups is 2. The van der Waals surface area contributed by atoms with Gasteiger partial charge in [0.1, 0.15) is 6.54 Å². The molecule has 0 aliphatic rings. The van der Waals surface area contributed by atoms with E-state index in [-0.39, 0.29) is 30.3 Å². The number of aryl methyl sites for hydroxylation is 1. The van der Waals surface area contributed by atoms with Gasteiger partial charge in [-0.3, -0.25) is 9.59 Å². The summed E-state index contributed by atoms with van der Waals surface area (Å²) >= 11 is 0. The Labute approximate surface area is 133 Å². The minimum absolute atomic E-state index is 0.0598. The first-order valence-corrected chi connectivity index (χ1v) is 7.94. The molecular formula is C18H28N2O2. The third-order valence-electron chi connectivity index (χ3n) is 3.86. The van der Waals surface area contributed by atoms with Crippen molar-refractivity contribution in [3.8, 4) is 0 Å². The molecule has 1 atom stereocenters. The fraction of sp³-hybridized carbons (Fsp3) is 0.556. The minimum Gasteiger partial charge on any atom is -0.352 e. The molecule has 4 heteroatoms. The second kappa shape index (κ2) is 7.97. The Morgan fingerprint density at radius 3 is 2.36 bits per heavy atom. The molecule has 0 bridgehead atoms. The Morgan fingerprint density at radius 1 is 1.23 bits per heavy atom. The summed E-state index contributed by atoms with van der Waals surface area (Å²) in [5.74, 6) is 0.0485. The van der Waals surface area contributed by atoms with Crippen LogP contribution in [0.5, 0.6) is 0 Å². The van der Waals surface area contributed by atoms with Gasteiger partial charge in [-0.2, -0.15) is 0 Å². The number of rotatable bonds is 6. The average molecular weight is 304 g/mol. The van der Waals surface area contributed by atoms with E-state index in [1.807, 2.05) is 39.0 Å². The molecule has 0 fully saturated rings. The Bertz CT molecular complexity index is 538. The lowest BCUT2D eigenvalue weighted by Gasteiger charge is -2.27. The van der Waals surface area contributed by atoms with E-state index in [2.05, 4.69) is 19.2 Å². The molecule has 0 aromatic heterocycles. The standard InChI is InChI=1S/C18H28N2O2/c1-7-14(5)19-17(22)11-20(15(6)21)18-13(4)9-8-10-16(18)12(2)3/h8-10,12,14H,7,11H2,1-6H3,(H,19,22). The van der Waals surface area contributed by atoms with Gasteiger partial charge in [0.05, 0.1) is 5.69 Å². The van der Waals surface area contributed by atoms with E-state index in [4.69, 9.17) is 0 Å². The van der Waals surface area contributed by atoms with Crippen LogP contribution in [0.25, 0.3) is 0 Å². The quantitative estimate of drug-likeness (QED) is 0.876. The number of benzene rings is 1. The van der Waals surface area contributed by atoms with Gasteiger partial charge in [-0.1, -0.05) is 39.0 Å². The van der Waals surface area contributed by atoms with E-state index >= 15 is 0 Å². The highest BCUT2D eigenvalue weighted by atomic mass is 16.2. The monoisotopic (exact) mass is 304 g/mol. The van der Waals surface area contributed by atoms with Gasteiger partial charge >= 0.3 is 0 Å². The second-order valence-electron chi connectivity index (χ2n) is 6.15. The molecule has 0 spiro atoms. The van der Waals surface area contributed by atoms with Crippen LogP contribution in [0.15, 0.2) is 18.2 Å². The number of nitrogens with zero attached hydrogens (tertiary/aromatic N) is 1. The second-order valence-corrected chi connectivity index (χ2v) is 6.15. The van der Waals surface area contributed by atoms with Gasteiger partial charge < -0.3 is 10.2 Å². The molecule has 1 unspecified atom stereocenters. The van der Waals surface area contributed by atoms with Gasteiger partial charge in [0.15, 0.2) is 0 Å². The number of para-hydroxylation sites is 1. The lowest BCUT2D eigenvalue weighted by Crippen LogP contribution is -2.43. The van der Waals surface area contributed by atoms with Crippen molar-refractivity contribution in [2.75, 3.05) is 11.4 Å². The van der Waals surface area contributed by atoms with Crippen LogP contribution in [0.4, 0.5) is 5.69 Å². The molecular weight excluding hydrogens is 276 g/mol. The van der Waals surface area contributed by atoms with Gasteiger partial charge in [0.25, 0.3) is 0 Å². The summed E-state index contributed by atoms with van der Waals surface area (Å²) < 4.78 is 0. The molecule has 0 saturated heterocycles. The van der Waals surface area contributed by atoms with E-state index < -0.39 is 0 Å². The zero-order chi connectivity index (χ0) is 16.9. The molecule has 0 radical (unpaired) electrons. The van der Waals surface area contributed by atoms with E-state index in [0.29, 0.717) is 0 Å². The summed E-state index contributed by atoms with van der Waals surface area (Å²) in [7, 11) is 0. The Kier molecular flexibility index (Phi) is 6.60. The van der Waals surface area contributed by atoms with Gasteiger partial charge in [-0.05, 0) is 37.3 Å². The molecule has 1 rings (SSSR count). The number of hydrogen-bond donors (Lipinski definition) is 1. The van der Waals surface area contributed by atoms with Crippen LogP contribution in [0.3, 0.4) is 0 Å². The largest absolute Gasteiger partial charge is 0.352 e. The van der Waals surface area contributed by atoms with E-state index in [9.17, 15) is 9.59 Å². The van der Waals surface area contributed by atoms with Crippen molar-refractivity contribution in [1.29, 1.82) is 0 Å². The first-order valence-electron chi connectivity index (χ1n) is 7.94. The predicted molar refractivity (Wildman–Crippen MR) is 91.2 cm³/mol. The fourth-order valence-electron chi connectivity index (χ4n) is 2.43. The maximum atomic E-state index is 12.2. The van der Waals surface area contributed by atoms with Gasteiger partial charge in [-0.25, -0.2) is 0 Å². The van der Waals surface area contributed by atoms with Crippen molar-refractivity contribution in [3.63, 3.8) is 0 Å². The van der Waals surface area contributed by atoms with Crippen molar-refractivity contribution >= 4 is 17.5 Å². The van der Waals surface area contributed by atoms with Crippen LogP contribution in [0.1, 0.15) is 58.1 Å². The number of anilines is 1. The van der Waals surface area contributed by atoms with Gasteiger partial charge in [0, 0.05) is 13.0 Å². The topological polar surface area (TPSA) is 49.4 Å². The predicted octanol–water partition coefficient (Wildman–Crippen LogP) is 3.39. The Balaban J connectivity index is 3.12. The summed E-state index contributed by atoms with van der Waals surface area (Å²) in [6.07, 6.45) is 0.868. The zero-order valence-corrected chi connectivity index (χ0v) is 14.6. The SMILES string of the molecule is CCC(C)NC(=O)CN(C(C)=O)c1c(C)cccc1C(C)C. The summed E-state index contributed by atoms with van der Waals surface area (Å²) in [4.78, 5) is 25.9. The third-order valence-corrected chi connectivity index (χ3v) is 3.86. The smallest absolute Gasteiger partial charge is 0.240 e. The molecule has 122 valence electrons. The number of hydrogen-bond acceptors (Lipinski definition) is 2. The Hall–Kier alpha value is -1.84. The van der Waals surface area contributed by atoms with E-state index in [1.165, 1.54) is 6.92 Å². The molecule has 22 heavy (non-hydrogen) atoms. The van der Waals surface area contributed by atoms with Crippen molar-refractivity contribution in [1.82, 2.24) is 5.32 Å². The molecule has 1 aromatic rings. The molecule has 2 amide bonds. The maximum Gasteiger partial charge on any atom is 0.240 e. The molecule has 0 aliphatic carbocycles. The van der Waals surface area contributed by atoms with Crippen LogP contribution < -0.4 is 10.2 Å². The van der Waals surface area contributed by atoms with Crippen LogP contribution in [-0.4, -0.2) is 24.4 Å². The van der Waals surface area contributed by atoms with Crippen LogP contribution in [-0.2, 0) is 9.59 Å². The number of carbonyl (C=O) groups excluding carboxylic acids is 2. The number of amides is 2. The van der Waals surface area contributed by atoms with Crippen LogP contribution >= 0.6 is 0 Å². The molecule has 4 nitrogen and oxygen atoms in total. The summed E-state index contributed by atoms with van der Waals surface area (Å²) in [6, 6.07) is 6.10. The van der Waals surface area contributed by atoms with E-state index in [1.54, 1.807) is 4.90 Å². The highest BCUT2D eigenvalue weighted by molar-refractivity contribution is 5.98.